The largest absolute Gasteiger partial charge is 0.444 e. The summed E-state index contributed by atoms with van der Waals surface area (Å²) in [5.41, 5.74) is 7.02. The molecule has 3 amide bonds. The second-order valence-corrected chi connectivity index (χ2v) is 8.61. The summed E-state index contributed by atoms with van der Waals surface area (Å²) in [6, 6.07) is 13.9. The number of rotatable bonds is 8. The van der Waals surface area contributed by atoms with Crippen LogP contribution >= 0.6 is 0 Å². The summed E-state index contributed by atoms with van der Waals surface area (Å²) in [5.74, 6) is -0.455. The predicted molar refractivity (Wildman–Crippen MR) is 126 cm³/mol. The Balaban J connectivity index is 1.72. The van der Waals surface area contributed by atoms with Crippen molar-refractivity contribution in [2.45, 2.75) is 45.8 Å². The highest BCUT2D eigenvalue weighted by Gasteiger charge is 2.17. The van der Waals surface area contributed by atoms with Crippen LogP contribution in [0.4, 0.5) is 10.7 Å². The smallest absolute Gasteiger partial charge is 0.407 e. The number of nitrogens with two attached hydrogens (primary N) is 1. The van der Waals surface area contributed by atoms with Crippen molar-refractivity contribution in [1.29, 1.82) is 0 Å². The van der Waals surface area contributed by atoms with Crippen LogP contribution in [0, 0.1) is 0 Å². The summed E-state index contributed by atoms with van der Waals surface area (Å²) < 4.78 is 7.12. The number of aromatic nitrogens is 2. The zero-order valence-electron chi connectivity index (χ0n) is 19.1. The van der Waals surface area contributed by atoms with Gasteiger partial charge in [-0.25, -0.2) is 9.78 Å². The molecule has 0 spiro atoms. The van der Waals surface area contributed by atoms with E-state index in [1.807, 2.05) is 31.4 Å². The van der Waals surface area contributed by atoms with Crippen molar-refractivity contribution in [3.05, 3.63) is 59.7 Å². The van der Waals surface area contributed by atoms with Crippen LogP contribution in [0.3, 0.4) is 0 Å². The summed E-state index contributed by atoms with van der Waals surface area (Å²) in [5, 5.41) is 5.59. The molecule has 3 rings (SSSR count). The molecule has 0 radical (unpaired) electrons. The molecule has 0 atom stereocenters. The molecular weight excluding hydrogens is 422 g/mol. The molecule has 0 aliphatic heterocycles. The molecule has 0 aliphatic carbocycles. The van der Waals surface area contributed by atoms with Crippen molar-refractivity contribution >= 4 is 34.9 Å². The van der Waals surface area contributed by atoms with Gasteiger partial charge in [0.25, 0.3) is 5.91 Å². The molecule has 3 aromatic rings. The topological polar surface area (TPSA) is 128 Å². The lowest BCUT2D eigenvalue weighted by atomic mass is 10.2. The first-order valence-electron chi connectivity index (χ1n) is 10.8. The molecule has 1 aromatic heterocycles. The zero-order valence-corrected chi connectivity index (χ0v) is 19.1. The van der Waals surface area contributed by atoms with E-state index < -0.39 is 17.6 Å². The lowest BCUT2D eigenvalue weighted by molar-refractivity contribution is 0.0526. The van der Waals surface area contributed by atoms with E-state index in [9.17, 15) is 14.4 Å². The predicted octanol–water partition coefficient (Wildman–Crippen LogP) is 3.69. The van der Waals surface area contributed by atoms with Crippen LogP contribution in [-0.4, -0.2) is 39.6 Å². The summed E-state index contributed by atoms with van der Waals surface area (Å²) in [7, 11) is 0. The van der Waals surface area contributed by atoms with Crippen LogP contribution in [-0.2, 0) is 11.3 Å². The molecular formula is C24H29N5O4. The van der Waals surface area contributed by atoms with E-state index in [1.165, 1.54) is 0 Å². The van der Waals surface area contributed by atoms with Crippen LogP contribution in [0.25, 0.3) is 11.0 Å². The van der Waals surface area contributed by atoms with Gasteiger partial charge in [0.1, 0.15) is 5.60 Å². The van der Waals surface area contributed by atoms with Gasteiger partial charge in [-0.3, -0.25) is 14.9 Å². The second-order valence-electron chi connectivity index (χ2n) is 8.61. The average Bonchev–Trinajstić information content (AvgIpc) is 3.09. The van der Waals surface area contributed by atoms with Gasteiger partial charge in [-0.1, -0.05) is 18.2 Å². The van der Waals surface area contributed by atoms with Crippen LogP contribution in [0.5, 0.6) is 0 Å². The maximum Gasteiger partial charge on any atom is 0.407 e. The van der Waals surface area contributed by atoms with E-state index >= 15 is 0 Å². The lowest BCUT2D eigenvalue weighted by Crippen LogP contribution is -2.33. The number of imidazole rings is 1. The third kappa shape index (κ3) is 6.55. The highest BCUT2D eigenvalue weighted by molar-refractivity contribution is 6.04. The molecule has 4 N–H and O–H groups in total. The van der Waals surface area contributed by atoms with Gasteiger partial charge in [0.15, 0.2) is 0 Å². The fourth-order valence-electron chi connectivity index (χ4n) is 3.27. The van der Waals surface area contributed by atoms with E-state index in [4.69, 9.17) is 10.5 Å². The second kappa shape index (κ2) is 10.2. The summed E-state index contributed by atoms with van der Waals surface area (Å²) in [6.45, 7) is 6.44. The van der Waals surface area contributed by atoms with Crippen molar-refractivity contribution in [1.82, 2.24) is 14.9 Å². The number of anilines is 1. The molecule has 9 heteroatoms. The number of carbonyl (C=O) groups is 3. The number of alkyl carbamates (subject to hydrolysis) is 1. The number of nitrogens with one attached hydrogen (secondary N) is 2. The van der Waals surface area contributed by atoms with E-state index in [1.54, 1.807) is 42.5 Å². The van der Waals surface area contributed by atoms with E-state index in [0.717, 1.165) is 5.52 Å². The number of aryl methyl sites for hydroxylation is 1. The quantitative estimate of drug-likeness (QED) is 0.450. The van der Waals surface area contributed by atoms with Gasteiger partial charge in [0.05, 0.1) is 11.0 Å². The Bertz CT molecular complexity index is 1150. The first-order chi connectivity index (χ1) is 15.6. The number of ether oxygens (including phenoxy) is 1. The molecule has 0 saturated carbocycles. The SMILES string of the molecule is CC(C)(C)OC(=O)NCCCCn1c(NC(=O)c2ccccc2)nc2cc(C(N)=O)ccc21. The molecule has 174 valence electrons. The minimum Gasteiger partial charge on any atom is -0.444 e. The molecule has 0 aliphatic rings. The molecule has 33 heavy (non-hydrogen) atoms. The number of amides is 3. The Morgan fingerprint density at radius 3 is 2.42 bits per heavy atom. The number of hydrogen-bond acceptors (Lipinski definition) is 5. The molecule has 9 nitrogen and oxygen atoms in total. The molecule has 0 unspecified atom stereocenters. The van der Waals surface area contributed by atoms with Crippen molar-refractivity contribution in [2.24, 2.45) is 5.73 Å². The van der Waals surface area contributed by atoms with E-state index in [2.05, 4.69) is 15.6 Å². The summed E-state index contributed by atoms with van der Waals surface area (Å²) in [6.07, 6.45) is 0.961. The van der Waals surface area contributed by atoms with Crippen molar-refractivity contribution < 1.29 is 19.1 Å². The first-order valence-corrected chi connectivity index (χ1v) is 10.8. The fourth-order valence-corrected chi connectivity index (χ4v) is 3.27. The highest BCUT2D eigenvalue weighted by Crippen LogP contribution is 2.22. The van der Waals surface area contributed by atoms with Crippen molar-refractivity contribution in [3.8, 4) is 0 Å². The van der Waals surface area contributed by atoms with Crippen LogP contribution in [0.1, 0.15) is 54.3 Å². The maximum absolute atomic E-state index is 12.7. The van der Waals surface area contributed by atoms with Crippen LogP contribution in [0.2, 0.25) is 0 Å². The van der Waals surface area contributed by atoms with Crippen molar-refractivity contribution in [3.63, 3.8) is 0 Å². The summed E-state index contributed by atoms with van der Waals surface area (Å²) >= 11 is 0. The number of hydrogen-bond donors (Lipinski definition) is 3. The van der Waals surface area contributed by atoms with Crippen LogP contribution < -0.4 is 16.4 Å². The van der Waals surface area contributed by atoms with E-state index in [0.29, 0.717) is 48.5 Å². The maximum atomic E-state index is 12.7. The Morgan fingerprint density at radius 1 is 1.03 bits per heavy atom. The molecule has 0 bridgehead atoms. The third-order valence-electron chi connectivity index (χ3n) is 4.77. The van der Waals surface area contributed by atoms with Crippen LogP contribution in [0.15, 0.2) is 48.5 Å². The van der Waals surface area contributed by atoms with Gasteiger partial charge in [0.2, 0.25) is 11.9 Å². The normalized spacial score (nSPS) is 11.2. The standard InChI is InChI=1S/C24H29N5O4/c1-24(2,3)33-23(32)26-13-7-8-14-29-19-12-11-17(20(25)30)15-18(19)27-22(29)28-21(31)16-9-5-4-6-10-16/h4-6,9-12,15H,7-8,13-14H2,1-3H3,(H2,25,30)(H,26,32)(H,27,28,31). The number of fused-ring (bicyclic) bond motifs is 1. The Hall–Kier alpha value is -3.88. The Labute approximate surface area is 192 Å². The van der Waals surface area contributed by atoms with Gasteiger partial charge in [-0.2, -0.15) is 0 Å². The molecule has 0 fully saturated rings. The Kier molecular flexibility index (Phi) is 7.32. The third-order valence-corrected chi connectivity index (χ3v) is 4.77. The van der Waals surface area contributed by atoms with Gasteiger partial charge < -0.3 is 20.4 Å². The molecule has 2 aromatic carbocycles. The Morgan fingerprint density at radius 2 is 1.76 bits per heavy atom. The zero-order chi connectivity index (χ0) is 24.0. The minimum atomic E-state index is -0.547. The number of primary amides is 1. The van der Waals surface area contributed by atoms with Crippen molar-refractivity contribution in [2.75, 3.05) is 11.9 Å². The highest BCUT2D eigenvalue weighted by atomic mass is 16.6. The number of nitrogens with zero attached hydrogens (tertiary/aromatic N) is 2. The van der Waals surface area contributed by atoms with E-state index in [-0.39, 0.29) is 5.91 Å². The van der Waals surface area contributed by atoms with Gasteiger partial charge >= 0.3 is 6.09 Å². The van der Waals surface area contributed by atoms with Gasteiger partial charge in [0, 0.05) is 24.2 Å². The number of unbranched alkanes of at least 4 members (excludes halogenated alkanes) is 1. The lowest BCUT2D eigenvalue weighted by Gasteiger charge is -2.19. The molecule has 1 heterocycles. The monoisotopic (exact) mass is 451 g/mol. The van der Waals surface area contributed by atoms with Gasteiger partial charge in [-0.05, 0) is 63.9 Å². The van der Waals surface area contributed by atoms with Gasteiger partial charge in [-0.15, -0.1) is 0 Å². The number of benzene rings is 2. The average molecular weight is 452 g/mol. The molecule has 0 saturated heterocycles. The number of carbonyl (C=O) groups excluding carboxylic acids is 3. The minimum absolute atomic E-state index is 0.283. The fraction of sp³-hybridized carbons (Fsp3) is 0.333. The summed E-state index contributed by atoms with van der Waals surface area (Å²) in [4.78, 5) is 40.6. The first kappa shape index (κ1) is 23.8.